The molecule has 4 fully saturated rings. The molecule has 3 nitrogen and oxygen atoms in total. The second-order valence-corrected chi connectivity index (χ2v) is 10.1. The van der Waals surface area contributed by atoms with Crippen molar-refractivity contribution in [3.8, 4) is 0 Å². The average Bonchev–Trinajstić information content (AvgIpc) is 3.23. The van der Waals surface area contributed by atoms with Crippen LogP contribution in [0.2, 0.25) is 0 Å². The molecule has 4 aliphatic rings. The SMILES string of the molecule is C=C1CCC2[C@H](CO)C(C3CC[C@H](O)C[C@@H]3CN3CCCC3)CC[C@]12C. The molecule has 0 spiro atoms. The molecule has 2 N–H and O–H groups in total. The quantitative estimate of drug-likeness (QED) is 0.748. The van der Waals surface area contributed by atoms with Gasteiger partial charge in [-0.3, -0.25) is 0 Å². The molecule has 0 amide bonds. The monoisotopic (exact) mass is 361 g/mol. The predicted octanol–water partition coefficient (Wildman–Crippen LogP) is 3.85. The second-order valence-electron chi connectivity index (χ2n) is 10.1. The van der Waals surface area contributed by atoms with Gasteiger partial charge in [0.15, 0.2) is 0 Å². The Kier molecular flexibility index (Phi) is 5.51. The minimum Gasteiger partial charge on any atom is -0.396 e. The molecular weight excluding hydrogens is 322 g/mol. The van der Waals surface area contributed by atoms with Gasteiger partial charge < -0.3 is 15.1 Å². The van der Waals surface area contributed by atoms with Gasteiger partial charge in [-0.15, -0.1) is 0 Å². The zero-order chi connectivity index (χ0) is 18.3. The lowest BCUT2D eigenvalue weighted by atomic mass is 9.54. The van der Waals surface area contributed by atoms with Crippen molar-refractivity contribution < 1.29 is 10.2 Å². The third-order valence-electron chi connectivity index (χ3n) is 8.91. The molecule has 0 aromatic carbocycles. The molecule has 3 saturated carbocycles. The van der Waals surface area contributed by atoms with E-state index in [1.165, 1.54) is 57.3 Å². The molecular formula is C23H39NO2. The summed E-state index contributed by atoms with van der Waals surface area (Å²) in [6.45, 7) is 10.8. The Morgan fingerprint density at radius 3 is 2.62 bits per heavy atom. The fraction of sp³-hybridized carbons (Fsp3) is 0.913. The summed E-state index contributed by atoms with van der Waals surface area (Å²) in [4.78, 5) is 2.63. The number of fused-ring (bicyclic) bond motifs is 1. The Hall–Kier alpha value is -0.380. The highest BCUT2D eigenvalue weighted by Gasteiger charge is 2.53. The number of nitrogens with zero attached hydrogens (tertiary/aromatic N) is 1. The molecule has 7 atom stereocenters. The lowest BCUT2D eigenvalue weighted by molar-refractivity contribution is -0.0479. The highest BCUT2D eigenvalue weighted by atomic mass is 16.3. The Morgan fingerprint density at radius 2 is 1.88 bits per heavy atom. The van der Waals surface area contributed by atoms with Crippen LogP contribution in [0.15, 0.2) is 12.2 Å². The molecule has 26 heavy (non-hydrogen) atoms. The maximum atomic E-state index is 10.4. The summed E-state index contributed by atoms with van der Waals surface area (Å²) in [6, 6.07) is 0. The maximum Gasteiger partial charge on any atom is 0.0543 e. The van der Waals surface area contributed by atoms with E-state index in [4.69, 9.17) is 0 Å². The molecule has 148 valence electrons. The molecule has 3 aliphatic carbocycles. The zero-order valence-electron chi connectivity index (χ0n) is 16.7. The molecule has 3 heteroatoms. The summed E-state index contributed by atoms with van der Waals surface area (Å²) < 4.78 is 0. The molecule has 0 aromatic heterocycles. The van der Waals surface area contributed by atoms with Crippen molar-refractivity contribution in [1.82, 2.24) is 4.90 Å². The standard InChI is InChI=1S/C23H39NO2/c1-16-5-8-22-21(15-25)20(9-10-23(16,22)2)19-7-6-18(26)13-17(19)14-24-11-3-4-12-24/h17-22,25-26H,1,3-15H2,2H3/t17-,18+,19?,20?,21-,22?,23-/m1/s1. The number of rotatable bonds is 4. The van der Waals surface area contributed by atoms with Gasteiger partial charge in [-0.1, -0.05) is 19.1 Å². The van der Waals surface area contributed by atoms with E-state index in [2.05, 4.69) is 18.4 Å². The Labute approximate surface area is 159 Å². The van der Waals surface area contributed by atoms with Crippen molar-refractivity contribution in [1.29, 1.82) is 0 Å². The molecule has 3 unspecified atom stereocenters. The van der Waals surface area contributed by atoms with Crippen molar-refractivity contribution >= 4 is 0 Å². The van der Waals surface area contributed by atoms with Crippen LogP contribution in [0.25, 0.3) is 0 Å². The van der Waals surface area contributed by atoms with Gasteiger partial charge in [0, 0.05) is 13.2 Å². The summed E-state index contributed by atoms with van der Waals surface area (Å²) in [5, 5.41) is 20.7. The first-order chi connectivity index (χ1) is 12.5. The van der Waals surface area contributed by atoms with Crippen LogP contribution in [0.5, 0.6) is 0 Å². The van der Waals surface area contributed by atoms with Crippen LogP contribution in [0.3, 0.4) is 0 Å². The van der Waals surface area contributed by atoms with Crippen molar-refractivity contribution in [2.24, 2.45) is 35.0 Å². The first-order valence-electron chi connectivity index (χ1n) is 11.2. The van der Waals surface area contributed by atoms with Gasteiger partial charge in [0.2, 0.25) is 0 Å². The van der Waals surface area contributed by atoms with Crippen LogP contribution in [0.4, 0.5) is 0 Å². The molecule has 0 radical (unpaired) electrons. The predicted molar refractivity (Wildman–Crippen MR) is 106 cm³/mol. The van der Waals surface area contributed by atoms with E-state index in [1.54, 1.807) is 0 Å². The first kappa shape index (κ1) is 19.0. The summed E-state index contributed by atoms with van der Waals surface area (Å²) in [6.07, 6.45) is 10.6. The fourth-order valence-electron chi connectivity index (χ4n) is 7.35. The van der Waals surface area contributed by atoms with Gasteiger partial charge in [-0.05, 0) is 106 Å². The van der Waals surface area contributed by atoms with E-state index in [-0.39, 0.29) is 11.5 Å². The average molecular weight is 362 g/mol. The number of hydrogen-bond acceptors (Lipinski definition) is 3. The number of hydrogen-bond donors (Lipinski definition) is 2. The summed E-state index contributed by atoms with van der Waals surface area (Å²) >= 11 is 0. The van der Waals surface area contributed by atoms with E-state index >= 15 is 0 Å². The van der Waals surface area contributed by atoms with E-state index < -0.39 is 0 Å². The van der Waals surface area contributed by atoms with Crippen LogP contribution in [0, 0.1) is 35.0 Å². The van der Waals surface area contributed by atoms with Crippen LogP contribution in [0.1, 0.15) is 64.7 Å². The lowest BCUT2D eigenvalue weighted by Gasteiger charge is -2.51. The molecule has 1 heterocycles. The molecule has 1 aliphatic heterocycles. The zero-order valence-corrected chi connectivity index (χ0v) is 16.7. The smallest absolute Gasteiger partial charge is 0.0543 e. The highest BCUT2D eigenvalue weighted by molar-refractivity contribution is 5.20. The molecule has 4 rings (SSSR count). The fourth-order valence-corrected chi connectivity index (χ4v) is 7.35. The first-order valence-corrected chi connectivity index (χ1v) is 11.2. The highest BCUT2D eigenvalue weighted by Crippen LogP contribution is 2.60. The summed E-state index contributed by atoms with van der Waals surface area (Å²) in [5.41, 5.74) is 1.70. The van der Waals surface area contributed by atoms with Crippen molar-refractivity contribution in [2.75, 3.05) is 26.2 Å². The van der Waals surface area contributed by atoms with Gasteiger partial charge in [-0.25, -0.2) is 0 Å². The van der Waals surface area contributed by atoms with Crippen LogP contribution in [-0.2, 0) is 0 Å². The minimum absolute atomic E-state index is 0.105. The van der Waals surface area contributed by atoms with Gasteiger partial charge in [-0.2, -0.15) is 0 Å². The largest absolute Gasteiger partial charge is 0.396 e. The van der Waals surface area contributed by atoms with Crippen LogP contribution in [-0.4, -0.2) is 47.5 Å². The number of aliphatic hydroxyl groups excluding tert-OH is 2. The number of likely N-dealkylation sites (tertiary alicyclic amines) is 1. The van der Waals surface area contributed by atoms with Gasteiger partial charge in [0.05, 0.1) is 6.10 Å². The van der Waals surface area contributed by atoms with Crippen molar-refractivity contribution in [3.63, 3.8) is 0 Å². The minimum atomic E-state index is -0.105. The molecule has 0 aromatic rings. The van der Waals surface area contributed by atoms with E-state index in [0.29, 0.717) is 36.2 Å². The van der Waals surface area contributed by atoms with E-state index in [0.717, 1.165) is 25.7 Å². The summed E-state index contributed by atoms with van der Waals surface area (Å²) in [7, 11) is 0. The van der Waals surface area contributed by atoms with Crippen molar-refractivity contribution in [3.05, 3.63) is 12.2 Å². The number of aliphatic hydroxyl groups is 2. The Morgan fingerprint density at radius 1 is 1.12 bits per heavy atom. The summed E-state index contributed by atoms with van der Waals surface area (Å²) in [5.74, 6) is 3.01. The van der Waals surface area contributed by atoms with Crippen LogP contribution < -0.4 is 0 Å². The topological polar surface area (TPSA) is 43.7 Å². The van der Waals surface area contributed by atoms with Gasteiger partial charge >= 0.3 is 0 Å². The second kappa shape index (κ2) is 7.56. The Bertz CT molecular complexity index is 514. The van der Waals surface area contributed by atoms with Crippen molar-refractivity contribution in [2.45, 2.75) is 70.8 Å². The third-order valence-corrected chi connectivity index (χ3v) is 8.91. The third kappa shape index (κ3) is 3.29. The van der Waals surface area contributed by atoms with Gasteiger partial charge in [0.1, 0.15) is 0 Å². The van der Waals surface area contributed by atoms with E-state index in [9.17, 15) is 10.2 Å². The molecule has 0 bridgehead atoms. The lowest BCUT2D eigenvalue weighted by Crippen LogP contribution is -2.47. The Balaban J connectivity index is 1.52. The number of allylic oxidation sites excluding steroid dienone is 1. The maximum absolute atomic E-state index is 10.4. The van der Waals surface area contributed by atoms with E-state index in [1.807, 2.05) is 0 Å². The van der Waals surface area contributed by atoms with Crippen LogP contribution >= 0.6 is 0 Å². The molecule has 1 saturated heterocycles. The van der Waals surface area contributed by atoms with Gasteiger partial charge in [0.25, 0.3) is 0 Å². The normalized spacial score (nSPS) is 47.3.